The van der Waals surface area contributed by atoms with Gasteiger partial charge in [-0.3, -0.25) is 9.69 Å². The number of carbonyl (C=O) groups is 1. The molecule has 144 valence electrons. The van der Waals surface area contributed by atoms with Crippen LogP contribution < -0.4 is 14.8 Å². The van der Waals surface area contributed by atoms with Gasteiger partial charge in [-0.15, -0.1) is 0 Å². The molecule has 2 saturated heterocycles. The molecule has 26 heavy (non-hydrogen) atoms. The summed E-state index contributed by atoms with van der Waals surface area (Å²) in [5.41, 5.74) is 0.666. The molecule has 6 heteroatoms. The van der Waals surface area contributed by atoms with E-state index in [9.17, 15) is 4.79 Å². The van der Waals surface area contributed by atoms with Gasteiger partial charge in [0.05, 0.1) is 13.7 Å². The molecule has 2 aliphatic rings. The second-order valence-electron chi connectivity index (χ2n) is 7.55. The molecule has 2 heterocycles. The third-order valence-corrected chi connectivity index (χ3v) is 5.10. The second kappa shape index (κ2) is 8.73. The predicted molar refractivity (Wildman–Crippen MR) is 102 cm³/mol. The molecule has 1 aromatic carbocycles. The quantitative estimate of drug-likeness (QED) is 0.838. The van der Waals surface area contributed by atoms with Crippen molar-refractivity contribution in [1.82, 2.24) is 15.1 Å². The molecular weight excluding hydrogens is 330 g/mol. The van der Waals surface area contributed by atoms with Crippen molar-refractivity contribution < 1.29 is 14.3 Å². The molecule has 0 saturated carbocycles. The molecule has 1 aromatic rings. The van der Waals surface area contributed by atoms with Gasteiger partial charge in [-0.1, -0.05) is 13.8 Å². The van der Waals surface area contributed by atoms with Crippen molar-refractivity contribution in [2.75, 3.05) is 53.0 Å². The first-order chi connectivity index (χ1) is 12.6. The molecular formula is C20H31N3O3. The Bertz CT molecular complexity index is 614. The number of methoxy groups -OCH3 is 1. The molecule has 1 unspecified atom stereocenters. The lowest BCUT2D eigenvalue weighted by Crippen LogP contribution is -2.49. The van der Waals surface area contributed by atoms with Crippen LogP contribution in [-0.2, 0) is 0 Å². The van der Waals surface area contributed by atoms with Crippen molar-refractivity contribution in [2.45, 2.75) is 26.3 Å². The molecule has 3 rings (SSSR count). The Hall–Kier alpha value is -1.79. The fourth-order valence-electron chi connectivity index (χ4n) is 3.63. The van der Waals surface area contributed by atoms with Crippen molar-refractivity contribution in [1.29, 1.82) is 0 Å². The number of nitrogens with one attached hydrogen (secondary N) is 1. The Balaban J connectivity index is 1.64. The van der Waals surface area contributed by atoms with Gasteiger partial charge in [0.15, 0.2) is 11.5 Å². The van der Waals surface area contributed by atoms with Crippen LogP contribution in [0.5, 0.6) is 11.5 Å². The zero-order valence-electron chi connectivity index (χ0n) is 16.2. The van der Waals surface area contributed by atoms with Crippen LogP contribution in [0, 0.1) is 5.92 Å². The summed E-state index contributed by atoms with van der Waals surface area (Å²) in [5, 5.41) is 3.39. The average Bonchev–Trinajstić information content (AvgIpc) is 3.16. The van der Waals surface area contributed by atoms with E-state index in [1.54, 1.807) is 13.2 Å². The molecule has 0 aliphatic carbocycles. The van der Waals surface area contributed by atoms with Crippen molar-refractivity contribution in [3.05, 3.63) is 23.8 Å². The molecule has 2 aliphatic heterocycles. The van der Waals surface area contributed by atoms with Crippen LogP contribution in [0.15, 0.2) is 18.2 Å². The summed E-state index contributed by atoms with van der Waals surface area (Å²) in [6.45, 7) is 10.7. The van der Waals surface area contributed by atoms with E-state index >= 15 is 0 Å². The van der Waals surface area contributed by atoms with E-state index in [2.05, 4.69) is 24.1 Å². The lowest BCUT2D eigenvalue weighted by Gasteiger charge is -2.32. The van der Waals surface area contributed by atoms with Gasteiger partial charge in [-0.2, -0.15) is 0 Å². The number of rotatable bonds is 6. The number of likely N-dealkylation sites (tertiary alicyclic amines) is 1. The van der Waals surface area contributed by atoms with Crippen LogP contribution in [-0.4, -0.2) is 74.7 Å². The number of ether oxygens (including phenoxy) is 2. The minimum Gasteiger partial charge on any atom is -0.493 e. The molecule has 6 nitrogen and oxygen atoms in total. The van der Waals surface area contributed by atoms with Crippen LogP contribution in [0.3, 0.4) is 0 Å². The van der Waals surface area contributed by atoms with Gasteiger partial charge in [-0.05, 0) is 30.5 Å². The van der Waals surface area contributed by atoms with E-state index in [1.807, 2.05) is 17.0 Å². The number of amides is 1. The number of carbonyl (C=O) groups excluding carboxylic acids is 1. The molecule has 0 spiro atoms. The second-order valence-corrected chi connectivity index (χ2v) is 7.55. The maximum atomic E-state index is 12.9. The highest BCUT2D eigenvalue weighted by molar-refractivity contribution is 5.95. The van der Waals surface area contributed by atoms with Crippen LogP contribution in [0.1, 0.15) is 30.6 Å². The highest BCUT2D eigenvalue weighted by Gasteiger charge is 2.31. The summed E-state index contributed by atoms with van der Waals surface area (Å²) in [6.07, 6.45) is 1.05. The number of hydrogen-bond acceptors (Lipinski definition) is 5. The smallest absolute Gasteiger partial charge is 0.254 e. The average molecular weight is 361 g/mol. The first-order valence-corrected chi connectivity index (χ1v) is 9.63. The van der Waals surface area contributed by atoms with Gasteiger partial charge in [0.2, 0.25) is 0 Å². The van der Waals surface area contributed by atoms with Crippen LogP contribution >= 0.6 is 0 Å². The van der Waals surface area contributed by atoms with E-state index in [1.165, 1.54) is 0 Å². The Labute approximate surface area is 156 Å². The molecule has 2 fully saturated rings. The highest BCUT2D eigenvalue weighted by Crippen LogP contribution is 2.29. The van der Waals surface area contributed by atoms with Gasteiger partial charge in [0.1, 0.15) is 0 Å². The first kappa shape index (κ1) is 19.0. The molecule has 1 amide bonds. The van der Waals surface area contributed by atoms with E-state index < -0.39 is 0 Å². The number of piperazine rings is 1. The fourth-order valence-corrected chi connectivity index (χ4v) is 3.63. The maximum Gasteiger partial charge on any atom is 0.254 e. The van der Waals surface area contributed by atoms with Crippen LogP contribution in [0.2, 0.25) is 0 Å². The summed E-state index contributed by atoms with van der Waals surface area (Å²) in [4.78, 5) is 17.4. The Kier molecular flexibility index (Phi) is 6.38. The normalized spacial score (nSPS) is 21.2. The summed E-state index contributed by atoms with van der Waals surface area (Å²) in [5.74, 6) is 1.83. The largest absolute Gasteiger partial charge is 0.493 e. The van der Waals surface area contributed by atoms with Gasteiger partial charge in [0, 0.05) is 50.9 Å². The molecule has 0 radical (unpaired) electrons. The van der Waals surface area contributed by atoms with Gasteiger partial charge in [-0.25, -0.2) is 0 Å². The Morgan fingerprint density at radius 3 is 2.69 bits per heavy atom. The van der Waals surface area contributed by atoms with Crippen LogP contribution in [0.25, 0.3) is 0 Å². The van der Waals surface area contributed by atoms with E-state index in [0.717, 1.165) is 45.7 Å². The van der Waals surface area contributed by atoms with E-state index in [0.29, 0.717) is 35.6 Å². The first-order valence-electron chi connectivity index (χ1n) is 9.63. The van der Waals surface area contributed by atoms with Gasteiger partial charge >= 0.3 is 0 Å². The number of benzene rings is 1. The summed E-state index contributed by atoms with van der Waals surface area (Å²) < 4.78 is 11.2. The minimum atomic E-state index is 0.0799. The molecule has 1 N–H and O–H groups in total. The number of nitrogens with zero attached hydrogens (tertiary/aromatic N) is 2. The highest BCUT2D eigenvalue weighted by atomic mass is 16.5. The van der Waals surface area contributed by atoms with Crippen molar-refractivity contribution in [2.24, 2.45) is 5.92 Å². The van der Waals surface area contributed by atoms with Crippen molar-refractivity contribution in [3.63, 3.8) is 0 Å². The van der Waals surface area contributed by atoms with Crippen LogP contribution in [0.4, 0.5) is 0 Å². The lowest BCUT2D eigenvalue weighted by atomic mass is 10.1. The summed E-state index contributed by atoms with van der Waals surface area (Å²) in [6, 6.07) is 5.98. The minimum absolute atomic E-state index is 0.0799. The molecule has 0 bridgehead atoms. The fraction of sp³-hybridized carbons (Fsp3) is 0.650. The Morgan fingerprint density at radius 1 is 1.23 bits per heavy atom. The topological polar surface area (TPSA) is 54.0 Å². The zero-order valence-corrected chi connectivity index (χ0v) is 16.2. The predicted octanol–water partition coefficient (Wildman–Crippen LogP) is 1.85. The summed E-state index contributed by atoms with van der Waals surface area (Å²) >= 11 is 0. The van der Waals surface area contributed by atoms with E-state index in [-0.39, 0.29) is 5.91 Å². The third-order valence-electron chi connectivity index (χ3n) is 5.10. The maximum absolute atomic E-state index is 12.9. The van der Waals surface area contributed by atoms with Gasteiger partial charge in [0.25, 0.3) is 5.91 Å². The Morgan fingerprint density at radius 2 is 2.00 bits per heavy atom. The number of hydrogen-bond donors (Lipinski definition) is 1. The van der Waals surface area contributed by atoms with Gasteiger partial charge < -0.3 is 19.7 Å². The lowest BCUT2D eigenvalue weighted by molar-refractivity contribution is 0.0773. The van der Waals surface area contributed by atoms with Crippen molar-refractivity contribution in [3.8, 4) is 11.5 Å². The monoisotopic (exact) mass is 361 g/mol. The molecule has 0 aromatic heterocycles. The standard InChI is InChI=1S/C20H31N3O3/c1-15(2)14-26-18-5-4-16(12-19(18)25-3)20(24)23-9-6-17(13-23)22-10-7-21-8-11-22/h4-5,12,15,17,21H,6-11,13-14H2,1-3H3. The SMILES string of the molecule is COc1cc(C(=O)N2CCC(N3CCNCC3)C2)ccc1OCC(C)C. The van der Waals surface area contributed by atoms with E-state index in [4.69, 9.17) is 9.47 Å². The molecule has 1 atom stereocenters. The summed E-state index contributed by atoms with van der Waals surface area (Å²) in [7, 11) is 1.61. The third kappa shape index (κ3) is 4.48. The zero-order chi connectivity index (χ0) is 18.5. The van der Waals surface area contributed by atoms with Crippen molar-refractivity contribution >= 4 is 5.91 Å².